The van der Waals surface area contributed by atoms with Crippen LogP contribution in [0.4, 0.5) is 9.59 Å². The van der Waals surface area contributed by atoms with Crippen molar-refractivity contribution in [1.82, 2.24) is 14.5 Å². The number of ether oxygens (including phenoxy) is 2. The summed E-state index contributed by atoms with van der Waals surface area (Å²) >= 11 is 0. The lowest BCUT2D eigenvalue weighted by molar-refractivity contribution is 0.0158. The summed E-state index contributed by atoms with van der Waals surface area (Å²) in [5, 5.41) is 2.98. The highest BCUT2D eigenvalue weighted by atomic mass is 32.2. The number of piperazine rings is 1. The zero-order valence-electron chi connectivity index (χ0n) is 23.4. The molecule has 2 aromatic carbocycles. The quantitative estimate of drug-likeness (QED) is 0.473. The van der Waals surface area contributed by atoms with Crippen molar-refractivity contribution in [2.24, 2.45) is 5.92 Å². The summed E-state index contributed by atoms with van der Waals surface area (Å²) in [6, 6.07) is 17.1. The number of alkyl carbamates (subject to hydrolysis) is 1. The smallest absolute Gasteiger partial charge is 0.410 e. The summed E-state index contributed by atoms with van der Waals surface area (Å²) in [6.07, 6.45) is 5.48. The molecule has 0 spiro atoms. The second-order valence-electron chi connectivity index (χ2n) is 11.2. The standard InChI is InChI=1S/C30H39N3O6S/c1-30(2,3)39-29(35)32-19-20-33(40(36,37)26-14-8-5-9-15-26)25(21-32)18-17-24-13-10-16-27(24)31-28(34)38-22-23-11-6-4-7-12-23/h4-9,11-12,14-15,17-18,24-25,27H,10,13,16,19-22H2,1-3H3,(H,31,34)/b18-17+/t24-,25?,27+/m1/s1. The van der Waals surface area contributed by atoms with Crippen LogP contribution in [-0.2, 0) is 26.1 Å². The maximum Gasteiger partial charge on any atom is 0.410 e. The van der Waals surface area contributed by atoms with Crippen LogP contribution in [0.3, 0.4) is 0 Å². The average Bonchev–Trinajstić information content (AvgIpc) is 3.37. The van der Waals surface area contributed by atoms with Crippen molar-refractivity contribution >= 4 is 22.2 Å². The summed E-state index contributed by atoms with van der Waals surface area (Å²) in [5.74, 6) is 0.0162. The molecule has 4 rings (SSSR count). The number of amides is 2. The van der Waals surface area contributed by atoms with Crippen molar-refractivity contribution in [1.29, 1.82) is 0 Å². The van der Waals surface area contributed by atoms with Crippen LogP contribution in [0, 0.1) is 5.92 Å². The molecule has 1 saturated heterocycles. The van der Waals surface area contributed by atoms with E-state index in [1.165, 1.54) is 4.31 Å². The predicted octanol–water partition coefficient (Wildman–Crippen LogP) is 4.95. The van der Waals surface area contributed by atoms with E-state index in [-0.39, 0.29) is 43.1 Å². The largest absolute Gasteiger partial charge is 0.445 e. The van der Waals surface area contributed by atoms with Crippen LogP contribution >= 0.6 is 0 Å². The number of nitrogens with zero attached hydrogens (tertiary/aromatic N) is 2. The lowest BCUT2D eigenvalue weighted by Gasteiger charge is -2.39. The first-order valence-electron chi connectivity index (χ1n) is 13.7. The zero-order chi connectivity index (χ0) is 28.8. The second-order valence-corrected chi connectivity index (χ2v) is 13.1. The van der Waals surface area contributed by atoms with Crippen molar-refractivity contribution in [3.05, 3.63) is 78.4 Å². The van der Waals surface area contributed by atoms with Crippen molar-refractivity contribution in [3.8, 4) is 0 Å². The number of carbonyl (C=O) groups is 2. The van der Waals surface area contributed by atoms with Gasteiger partial charge in [-0.3, -0.25) is 0 Å². The Kier molecular flexibility index (Phi) is 9.52. The van der Waals surface area contributed by atoms with Crippen molar-refractivity contribution in [2.75, 3.05) is 19.6 Å². The van der Waals surface area contributed by atoms with E-state index in [2.05, 4.69) is 5.32 Å². The first kappa shape index (κ1) is 29.6. The molecular formula is C30H39N3O6S. The van der Waals surface area contributed by atoms with Gasteiger partial charge in [0, 0.05) is 25.7 Å². The van der Waals surface area contributed by atoms with Crippen LogP contribution in [0.2, 0.25) is 0 Å². The van der Waals surface area contributed by atoms with E-state index >= 15 is 0 Å². The van der Waals surface area contributed by atoms with E-state index < -0.39 is 33.9 Å². The van der Waals surface area contributed by atoms with Gasteiger partial charge in [0.05, 0.1) is 10.9 Å². The van der Waals surface area contributed by atoms with Gasteiger partial charge in [-0.05, 0) is 57.2 Å². The molecule has 9 nitrogen and oxygen atoms in total. The minimum atomic E-state index is -3.79. The fourth-order valence-electron chi connectivity index (χ4n) is 5.05. The summed E-state index contributed by atoms with van der Waals surface area (Å²) in [5.41, 5.74) is 0.250. The molecule has 2 amide bonds. The molecule has 1 aliphatic carbocycles. The Bertz CT molecular complexity index is 1280. The molecule has 1 aliphatic heterocycles. The van der Waals surface area contributed by atoms with Gasteiger partial charge in [0.25, 0.3) is 0 Å². The highest BCUT2D eigenvalue weighted by Crippen LogP contribution is 2.29. The van der Waals surface area contributed by atoms with Crippen LogP contribution in [0.25, 0.3) is 0 Å². The van der Waals surface area contributed by atoms with Gasteiger partial charge in [-0.1, -0.05) is 67.1 Å². The van der Waals surface area contributed by atoms with Crippen LogP contribution in [0.5, 0.6) is 0 Å². The molecule has 1 N–H and O–H groups in total. The number of carbonyl (C=O) groups excluding carboxylic acids is 2. The maximum atomic E-state index is 13.6. The molecular weight excluding hydrogens is 530 g/mol. The third-order valence-electron chi connectivity index (χ3n) is 7.04. The van der Waals surface area contributed by atoms with Crippen LogP contribution < -0.4 is 5.32 Å². The minimum absolute atomic E-state index is 0.0162. The van der Waals surface area contributed by atoms with Crippen molar-refractivity contribution in [2.45, 2.75) is 69.2 Å². The van der Waals surface area contributed by atoms with Crippen molar-refractivity contribution in [3.63, 3.8) is 0 Å². The molecule has 3 atom stereocenters. The molecule has 2 fully saturated rings. The Hall–Kier alpha value is -3.37. The molecule has 1 heterocycles. The van der Waals surface area contributed by atoms with Gasteiger partial charge in [0.1, 0.15) is 12.2 Å². The lowest BCUT2D eigenvalue weighted by Crippen LogP contribution is -2.56. The van der Waals surface area contributed by atoms with Crippen LogP contribution in [-0.4, -0.2) is 67.1 Å². The van der Waals surface area contributed by atoms with E-state index in [0.29, 0.717) is 0 Å². The van der Waals surface area contributed by atoms with Gasteiger partial charge >= 0.3 is 12.2 Å². The molecule has 1 saturated carbocycles. The van der Waals surface area contributed by atoms with E-state index in [4.69, 9.17) is 9.47 Å². The van der Waals surface area contributed by atoms with Gasteiger partial charge in [-0.2, -0.15) is 4.31 Å². The van der Waals surface area contributed by atoms with Gasteiger partial charge in [0.15, 0.2) is 0 Å². The predicted molar refractivity (Wildman–Crippen MR) is 152 cm³/mol. The Morgan fingerprint density at radius 1 is 0.975 bits per heavy atom. The van der Waals surface area contributed by atoms with E-state index in [9.17, 15) is 18.0 Å². The Labute approximate surface area is 237 Å². The van der Waals surface area contributed by atoms with Gasteiger partial charge in [-0.25, -0.2) is 18.0 Å². The zero-order valence-corrected chi connectivity index (χ0v) is 24.2. The van der Waals surface area contributed by atoms with Gasteiger partial charge < -0.3 is 19.7 Å². The number of sulfonamides is 1. The highest BCUT2D eigenvalue weighted by molar-refractivity contribution is 7.89. The average molecular weight is 570 g/mol. The second kappa shape index (κ2) is 12.9. The molecule has 2 aromatic rings. The van der Waals surface area contributed by atoms with Crippen LogP contribution in [0.15, 0.2) is 77.7 Å². The number of nitrogens with one attached hydrogen (secondary N) is 1. The fourth-order valence-corrected chi connectivity index (χ4v) is 6.64. The molecule has 40 heavy (non-hydrogen) atoms. The first-order valence-corrected chi connectivity index (χ1v) is 15.2. The molecule has 216 valence electrons. The molecule has 1 unspecified atom stereocenters. The summed E-state index contributed by atoms with van der Waals surface area (Å²) in [7, 11) is -3.79. The molecule has 0 radical (unpaired) electrons. The van der Waals surface area contributed by atoms with Gasteiger partial charge in [0.2, 0.25) is 10.0 Å². The summed E-state index contributed by atoms with van der Waals surface area (Å²) in [6.45, 7) is 6.13. The monoisotopic (exact) mass is 569 g/mol. The normalized spacial score (nSPS) is 22.3. The molecule has 2 aliphatic rings. The number of hydrogen-bond acceptors (Lipinski definition) is 6. The van der Waals surface area contributed by atoms with E-state index in [1.54, 1.807) is 56.0 Å². The SMILES string of the molecule is CC(C)(C)OC(=O)N1CCN(S(=O)(=O)c2ccccc2)C(/C=C/[C@H]2CCC[C@@H]2NC(=O)OCc2ccccc2)C1. The fraction of sp³-hybridized carbons (Fsp3) is 0.467. The summed E-state index contributed by atoms with van der Waals surface area (Å²) in [4.78, 5) is 27.1. The number of benzene rings is 2. The van der Waals surface area contributed by atoms with Gasteiger partial charge in [-0.15, -0.1) is 0 Å². The van der Waals surface area contributed by atoms with E-state index in [0.717, 1.165) is 24.8 Å². The molecule has 0 bridgehead atoms. The number of rotatable bonds is 7. The number of hydrogen-bond donors (Lipinski definition) is 1. The summed E-state index contributed by atoms with van der Waals surface area (Å²) < 4.78 is 39.6. The first-order chi connectivity index (χ1) is 19.0. The minimum Gasteiger partial charge on any atom is -0.445 e. The maximum absolute atomic E-state index is 13.6. The highest BCUT2D eigenvalue weighted by Gasteiger charge is 2.38. The topological polar surface area (TPSA) is 105 Å². The van der Waals surface area contributed by atoms with Crippen LogP contribution in [0.1, 0.15) is 45.6 Å². The van der Waals surface area contributed by atoms with E-state index in [1.807, 2.05) is 42.5 Å². The van der Waals surface area contributed by atoms with Crippen molar-refractivity contribution < 1.29 is 27.5 Å². The lowest BCUT2D eigenvalue weighted by atomic mass is 10.0. The molecule has 10 heteroatoms. The Balaban J connectivity index is 1.47. The molecule has 0 aromatic heterocycles. The Morgan fingerprint density at radius 3 is 2.33 bits per heavy atom. The third-order valence-corrected chi connectivity index (χ3v) is 8.97. The third kappa shape index (κ3) is 7.85. The Morgan fingerprint density at radius 2 is 1.65 bits per heavy atom.